The summed E-state index contributed by atoms with van der Waals surface area (Å²) >= 11 is 0. The summed E-state index contributed by atoms with van der Waals surface area (Å²) in [5, 5.41) is 7.30. The molecule has 4 rings (SSSR count). The Bertz CT molecular complexity index is 1020. The van der Waals surface area contributed by atoms with Gasteiger partial charge in [-0.25, -0.2) is 9.97 Å². The highest BCUT2D eigenvalue weighted by molar-refractivity contribution is 5.94. The fourth-order valence-corrected chi connectivity index (χ4v) is 3.11. The van der Waals surface area contributed by atoms with Crippen LogP contribution in [0.4, 0.5) is 0 Å². The molecule has 0 saturated heterocycles. The summed E-state index contributed by atoms with van der Waals surface area (Å²) in [6.07, 6.45) is 1.65. The van der Waals surface area contributed by atoms with Crippen LogP contribution in [0.2, 0.25) is 0 Å². The molecule has 0 atom stereocenters. The molecule has 144 valence electrons. The predicted octanol–water partition coefficient (Wildman–Crippen LogP) is 1.78. The van der Waals surface area contributed by atoms with Crippen LogP contribution in [-0.4, -0.2) is 53.5 Å². The minimum atomic E-state index is -0.135. The average molecular weight is 381 g/mol. The number of ether oxygens (including phenoxy) is 3. The second-order valence-corrected chi connectivity index (χ2v) is 6.07. The molecule has 1 aliphatic heterocycles. The number of benzene rings is 1. The molecule has 0 bridgehead atoms. The zero-order valence-electron chi connectivity index (χ0n) is 15.7. The molecular weight excluding hydrogens is 362 g/mol. The Hall–Kier alpha value is -3.62. The highest BCUT2D eigenvalue weighted by atomic mass is 16.5. The van der Waals surface area contributed by atoms with Crippen molar-refractivity contribution in [1.29, 1.82) is 0 Å². The first-order valence-electron chi connectivity index (χ1n) is 8.64. The van der Waals surface area contributed by atoms with E-state index in [1.165, 1.54) is 0 Å². The zero-order valence-corrected chi connectivity index (χ0v) is 15.7. The second-order valence-electron chi connectivity index (χ2n) is 6.07. The summed E-state index contributed by atoms with van der Waals surface area (Å²) in [6, 6.07) is 7.06. The Labute approximate surface area is 161 Å². The van der Waals surface area contributed by atoms with Gasteiger partial charge in [-0.2, -0.15) is 5.10 Å². The van der Waals surface area contributed by atoms with E-state index >= 15 is 0 Å². The molecule has 3 heterocycles. The van der Waals surface area contributed by atoms with Crippen LogP contribution >= 0.6 is 0 Å². The molecule has 0 spiro atoms. The molecule has 1 N–H and O–H groups in total. The van der Waals surface area contributed by atoms with E-state index in [1.54, 1.807) is 56.5 Å². The van der Waals surface area contributed by atoms with E-state index in [0.29, 0.717) is 58.8 Å². The number of rotatable bonds is 5. The molecule has 1 aliphatic rings. The van der Waals surface area contributed by atoms with Crippen LogP contribution in [0.15, 0.2) is 30.5 Å². The number of hydrogen-bond acceptors (Lipinski definition) is 7. The lowest BCUT2D eigenvalue weighted by Gasteiger charge is -2.13. The van der Waals surface area contributed by atoms with Crippen molar-refractivity contribution in [1.82, 2.24) is 25.1 Å². The van der Waals surface area contributed by atoms with E-state index in [-0.39, 0.29) is 5.91 Å². The molecule has 9 nitrogen and oxygen atoms in total. The van der Waals surface area contributed by atoms with Gasteiger partial charge in [0, 0.05) is 18.3 Å². The van der Waals surface area contributed by atoms with Gasteiger partial charge in [-0.05, 0) is 24.3 Å². The van der Waals surface area contributed by atoms with Gasteiger partial charge in [-0.3, -0.25) is 9.48 Å². The Kier molecular flexibility index (Phi) is 4.56. The number of methoxy groups -OCH3 is 3. The van der Waals surface area contributed by atoms with Crippen LogP contribution < -0.4 is 19.5 Å². The molecule has 1 amide bonds. The lowest BCUT2D eigenvalue weighted by molar-refractivity contribution is 0.0924. The lowest BCUT2D eigenvalue weighted by atomic mass is 10.1. The zero-order chi connectivity index (χ0) is 19.7. The highest BCUT2D eigenvalue weighted by Gasteiger charge is 2.21. The van der Waals surface area contributed by atoms with Crippen LogP contribution in [0.3, 0.4) is 0 Å². The fourth-order valence-electron chi connectivity index (χ4n) is 3.11. The normalized spacial score (nSPS) is 12.9. The first-order chi connectivity index (χ1) is 13.6. The maximum atomic E-state index is 12.0. The standard InChI is InChI=1S/C19H19N5O4/c1-26-15-8-11(9-16(27-2)17(15)28-3)18-20-5-4-12(22-18)13-10-14-19(25)21-6-7-24(14)23-13/h4-5,8-10H,6-7H2,1-3H3,(H,21,25). The number of carbonyl (C=O) groups is 1. The fraction of sp³-hybridized carbons (Fsp3) is 0.263. The van der Waals surface area contributed by atoms with Gasteiger partial charge in [-0.15, -0.1) is 0 Å². The number of aromatic nitrogens is 4. The third-order valence-electron chi connectivity index (χ3n) is 4.46. The average Bonchev–Trinajstić information content (AvgIpc) is 3.18. The van der Waals surface area contributed by atoms with Crippen LogP contribution in [0.1, 0.15) is 10.5 Å². The summed E-state index contributed by atoms with van der Waals surface area (Å²) in [7, 11) is 4.66. The molecule has 0 aliphatic carbocycles. The van der Waals surface area contributed by atoms with Gasteiger partial charge >= 0.3 is 0 Å². The summed E-state index contributed by atoms with van der Waals surface area (Å²) in [5.74, 6) is 1.87. The maximum Gasteiger partial charge on any atom is 0.269 e. The van der Waals surface area contributed by atoms with Crippen molar-refractivity contribution in [3.05, 3.63) is 36.2 Å². The van der Waals surface area contributed by atoms with E-state index in [1.807, 2.05) is 0 Å². The van der Waals surface area contributed by atoms with E-state index in [4.69, 9.17) is 14.2 Å². The van der Waals surface area contributed by atoms with Gasteiger partial charge in [0.15, 0.2) is 17.3 Å². The topological polar surface area (TPSA) is 100 Å². The minimum Gasteiger partial charge on any atom is -0.493 e. The number of amides is 1. The largest absolute Gasteiger partial charge is 0.493 e. The number of nitrogens with zero attached hydrogens (tertiary/aromatic N) is 4. The smallest absolute Gasteiger partial charge is 0.269 e. The number of hydrogen-bond donors (Lipinski definition) is 1. The van der Waals surface area contributed by atoms with Crippen LogP contribution in [0.5, 0.6) is 17.2 Å². The minimum absolute atomic E-state index is 0.135. The molecule has 0 unspecified atom stereocenters. The first kappa shape index (κ1) is 17.8. The molecule has 0 saturated carbocycles. The van der Waals surface area contributed by atoms with Gasteiger partial charge in [0.2, 0.25) is 5.75 Å². The summed E-state index contributed by atoms with van der Waals surface area (Å²) in [6.45, 7) is 1.19. The molecule has 28 heavy (non-hydrogen) atoms. The van der Waals surface area contributed by atoms with Crippen molar-refractivity contribution in [3.8, 4) is 40.0 Å². The Morgan fingerprint density at radius 1 is 1.04 bits per heavy atom. The Morgan fingerprint density at radius 2 is 1.79 bits per heavy atom. The summed E-state index contributed by atoms with van der Waals surface area (Å²) in [4.78, 5) is 21.0. The van der Waals surface area contributed by atoms with Gasteiger partial charge in [0.05, 0.1) is 33.6 Å². The lowest BCUT2D eigenvalue weighted by Crippen LogP contribution is -2.35. The van der Waals surface area contributed by atoms with Crippen molar-refractivity contribution in [2.45, 2.75) is 6.54 Å². The third-order valence-corrected chi connectivity index (χ3v) is 4.46. The number of fused-ring (bicyclic) bond motifs is 1. The van der Waals surface area contributed by atoms with Crippen molar-refractivity contribution >= 4 is 5.91 Å². The van der Waals surface area contributed by atoms with Crippen molar-refractivity contribution in [2.24, 2.45) is 0 Å². The van der Waals surface area contributed by atoms with E-state index < -0.39 is 0 Å². The van der Waals surface area contributed by atoms with Crippen molar-refractivity contribution in [3.63, 3.8) is 0 Å². The maximum absolute atomic E-state index is 12.0. The van der Waals surface area contributed by atoms with Gasteiger partial charge in [0.25, 0.3) is 5.91 Å². The second kappa shape index (κ2) is 7.18. The quantitative estimate of drug-likeness (QED) is 0.719. The molecular formula is C19H19N5O4. The number of nitrogens with one attached hydrogen (secondary N) is 1. The Morgan fingerprint density at radius 3 is 2.43 bits per heavy atom. The summed E-state index contributed by atoms with van der Waals surface area (Å²) in [5.41, 5.74) is 2.46. The van der Waals surface area contributed by atoms with Gasteiger partial charge in [0.1, 0.15) is 11.4 Å². The monoisotopic (exact) mass is 381 g/mol. The van der Waals surface area contributed by atoms with Crippen molar-refractivity contribution in [2.75, 3.05) is 27.9 Å². The predicted molar refractivity (Wildman–Crippen MR) is 101 cm³/mol. The molecule has 0 radical (unpaired) electrons. The van der Waals surface area contributed by atoms with Crippen LogP contribution in [0, 0.1) is 0 Å². The molecule has 0 fully saturated rings. The molecule has 1 aromatic carbocycles. The number of carbonyl (C=O) groups excluding carboxylic acids is 1. The van der Waals surface area contributed by atoms with E-state index in [2.05, 4.69) is 20.4 Å². The van der Waals surface area contributed by atoms with Crippen LogP contribution in [-0.2, 0) is 6.54 Å². The van der Waals surface area contributed by atoms with Crippen molar-refractivity contribution < 1.29 is 19.0 Å². The molecule has 9 heteroatoms. The van der Waals surface area contributed by atoms with Gasteiger partial charge in [-0.1, -0.05) is 0 Å². The van der Waals surface area contributed by atoms with Gasteiger partial charge < -0.3 is 19.5 Å². The van der Waals surface area contributed by atoms with E-state index in [0.717, 1.165) is 0 Å². The third kappa shape index (κ3) is 3.00. The SMILES string of the molecule is COc1cc(-c2nccc(-c3cc4n(n3)CCNC4=O)n2)cc(OC)c1OC. The van der Waals surface area contributed by atoms with E-state index in [9.17, 15) is 4.79 Å². The first-order valence-corrected chi connectivity index (χ1v) is 8.64. The van der Waals surface area contributed by atoms with Crippen LogP contribution in [0.25, 0.3) is 22.8 Å². The molecule has 3 aromatic rings. The Balaban J connectivity index is 1.77. The molecule has 2 aromatic heterocycles. The summed E-state index contributed by atoms with van der Waals surface area (Å²) < 4.78 is 17.9. The highest BCUT2D eigenvalue weighted by Crippen LogP contribution is 2.40.